The first-order valence-electron chi connectivity index (χ1n) is 23.8. The van der Waals surface area contributed by atoms with Gasteiger partial charge in [0.15, 0.2) is 6.10 Å². The molecule has 0 rings (SSSR count). The lowest BCUT2D eigenvalue weighted by Crippen LogP contribution is -2.30. The van der Waals surface area contributed by atoms with Gasteiger partial charge in [-0.05, 0) is 89.9 Å². The van der Waals surface area contributed by atoms with Crippen LogP contribution in [0.2, 0.25) is 0 Å². The number of carbonyl (C=O) groups is 3. The maximum Gasteiger partial charge on any atom is 0.306 e. The average molecular weight is 841 g/mol. The molecule has 0 aromatic carbocycles. The highest BCUT2D eigenvalue weighted by molar-refractivity contribution is 5.71. The van der Waals surface area contributed by atoms with Gasteiger partial charge >= 0.3 is 17.9 Å². The molecule has 0 N–H and O–H groups in total. The Hall–Kier alpha value is -4.45. The summed E-state index contributed by atoms with van der Waals surface area (Å²) in [5.74, 6) is -1.17. The topological polar surface area (TPSA) is 78.9 Å². The minimum atomic E-state index is -0.863. The second-order valence-corrected chi connectivity index (χ2v) is 15.0. The monoisotopic (exact) mass is 841 g/mol. The number of ether oxygens (including phenoxy) is 3. The molecule has 0 aromatic rings. The predicted octanol–water partition coefficient (Wildman–Crippen LogP) is 15.5. The Morgan fingerprint density at radius 3 is 1.28 bits per heavy atom. The summed E-state index contributed by atoms with van der Waals surface area (Å²) in [6.45, 7) is 6.25. The molecule has 0 heterocycles. The normalized spacial score (nSPS) is 13.3. The second-order valence-electron chi connectivity index (χ2n) is 15.0. The van der Waals surface area contributed by atoms with Gasteiger partial charge in [-0.1, -0.05) is 199 Å². The van der Waals surface area contributed by atoms with Gasteiger partial charge in [0.25, 0.3) is 0 Å². The van der Waals surface area contributed by atoms with Gasteiger partial charge in [0, 0.05) is 19.3 Å². The van der Waals surface area contributed by atoms with Crippen LogP contribution in [0.15, 0.2) is 134 Å². The molecular weight excluding hydrogens is 757 g/mol. The average Bonchev–Trinajstić information content (AvgIpc) is 3.26. The van der Waals surface area contributed by atoms with E-state index in [1.165, 1.54) is 64.2 Å². The van der Waals surface area contributed by atoms with Gasteiger partial charge < -0.3 is 14.2 Å². The lowest BCUT2D eigenvalue weighted by Gasteiger charge is -2.18. The van der Waals surface area contributed by atoms with Gasteiger partial charge in [-0.25, -0.2) is 0 Å². The van der Waals surface area contributed by atoms with Gasteiger partial charge in [-0.2, -0.15) is 0 Å². The fraction of sp³-hybridized carbons (Fsp3) is 0.545. The van der Waals surface area contributed by atoms with Crippen molar-refractivity contribution in [3.63, 3.8) is 0 Å². The fourth-order valence-corrected chi connectivity index (χ4v) is 5.69. The zero-order valence-corrected chi connectivity index (χ0v) is 38.6. The molecule has 0 spiro atoms. The predicted molar refractivity (Wildman–Crippen MR) is 260 cm³/mol. The zero-order valence-electron chi connectivity index (χ0n) is 38.6. The van der Waals surface area contributed by atoms with Gasteiger partial charge in [0.2, 0.25) is 0 Å². The minimum Gasteiger partial charge on any atom is -0.462 e. The lowest BCUT2D eigenvalue weighted by atomic mass is 10.1. The standard InChI is InChI=1S/C55H84O6/c1-4-7-10-13-16-19-22-25-26-27-28-31-33-36-39-42-45-48-54(57)60-51-52(61-55(58)49-46-43-40-37-34-30-24-21-18-15-12-9-6-3)50-59-53(56)47-44-41-38-35-32-29-23-20-17-14-11-8-5-2/h9,12,15-16,18-19,21,24-26,28-32,34,36-41,52H,4-8,10-11,13-14,17,20,22-23,27,33,35,42-51H2,1-3H3/b12-9+,18-15+,19-16+,24-21+,26-25+,31-28+,32-29+,34-30+,39-36+,40-37+,41-38+. The smallest absolute Gasteiger partial charge is 0.306 e. The Morgan fingerprint density at radius 2 is 0.738 bits per heavy atom. The number of carbonyl (C=O) groups excluding carboxylic acids is 3. The number of hydrogen-bond donors (Lipinski definition) is 0. The number of rotatable bonds is 40. The van der Waals surface area contributed by atoms with Gasteiger partial charge in [-0.3, -0.25) is 14.4 Å². The van der Waals surface area contributed by atoms with Crippen molar-refractivity contribution in [3.8, 4) is 0 Å². The van der Waals surface area contributed by atoms with Crippen molar-refractivity contribution >= 4 is 17.9 Å². The zero-order chi connectivity index (χ0) is 44.4. The van der Waals surface area contributed by atoms with Crippen molar-refractivity contribution < 1.29 is 28.6 Å². The molecule has 6 heteroatoms. The van der Waals surface area contributed by atoms with Crippen molar-refractivity contribution in [2.24, 2.45) is 0 Å². The van der Waals surface area contributed by atoms with Crippen LogP contribution in [0.4, 0.5) is 0 Å². The van der Waals surface area contributed by atoms with Crippen molar-refractivity contribution in [2.75, 3.05) is 13.2 Å². The molecule has 1 unspecified atom stereocenters. The summed E-state index contributed by atoms with van der Waals surface area (Å²) in [6, 6.07) is 0. The first-order chi connectivity index (χ1) is 30.0. The van der Waals surface area contributed by atoms with E-state index in [2.05, 4.69) is 93.7 Å². The highest BCUT2D eigenvalue weighted by atomic mass is 16.6. The molecule has 0 saturated heterocycles. The summed E-state index contributed by atoms with van der Waals surface area (Å²) in [6.07, 6.45) is 67.5. The highest BCUT2D eigenvalue weighted by Crippen LogP contribution is 2.09. The molecule has 0 saturated carbocycles. The summed E-state index contributed by atoms with van der Waals surface area (Å²) in [7, 11) is 0. The molecule has 0 fully saturated rings. The van der Waals surface area contributed by atoms with E-state index < -0.39 is 12.1 Å². The van der Waals surface area contributed by atoms with Gasteiger partial charge in [0.1, 0.15) is 13.2 Å². The van der Waals surface area contributed by atoms with Crippen molar-refractivity contribution in [1.82, 2.24) is 0 Å². The molecule has 0 aliphatic carbocycles. The van der Waals surface area contributed by atoms with Crippen molar-refractivity contribution in [2.45, 2.75) is 181 Å². The maximum atomic E-state index is 12.7. The largest absolute Gasteiger partial charge is 0.462 e. The van der Waals surface area contributed by atoms with E-state index in [1.54, 1.807) is 0 Å². The van der Waals surface area contributed by atoms with Gasteiger partial charge in [-0.15, -0.1) is 0 Å². The Labute approximate surface area is 373 Å². The number of esters is 3. The highest BCUT2D eigenvalue weighted by Gasteiger charge is 2.19. The lowest BCUT2D eigenvalue weighted by molar-refractivity contribution is -0.166. The molecule has 61 heavy (non-hydrogen) atoms. The van der Waals surface area contributed by atoms with Crippen LogP contribution in [0.3, 0.4) is 0 Å². The van der Waals surface area contributed by atoms with Crippen LogP contribution in [-0.4, -0.2) is 37.2 Å². The molecule has 340 valence electrons. The first-order valence-corrected chi connectivity index (χ1v) is 23.8. The molecule has 1 atom stereocenters. The summed E-state index contributed by atoms with van der Waals surface area (Å²) in [5, 5.41) is 0. The van der Waals surface area contributed by atoms with Crippen molar-refractivity contribution in [1.29, 1.82) is 0 Å². The van der Waals surface area contributed by atoms with Crippen LogP contribution in [0.25, 0.3) is 0 Å². The van der Waals surface area contributed by atoms with E-state index in [-0.39, 0.29) is 44.4 Å². The first kappa shape index (κ1) is 56.5. The quantitative estimate of drug-likeness (QED) is 0.0201. The second kappa shape index (κ2) is 48.2. The van der Waals surface area contributed by atoms with E-state index in [4.69, 9.17) is 14.2 Å². The van der Waals surface area contributed by atoms with E-state index in [9.17, 15) is 14.4 Å². The van der Waals surface area contributed by atoms with Crippen LogP contribution in [0.1, 0.15) is 175 Å². The third-order valence-corrected chi connectivity index (χ3v) is 9.25. The number of unbranched alkanes of at least 4 members (excludes halogenated alkanes) is 11. The molecule has 0 bridgehead atoms. The molecule has 0 aromatic heterocycles. The summed E-state index contributed by atoms with van der Waals surface area (Å²) in [5.41, 5.74) is 0. The summed E-state index contributed by atoms with van der Waals surface area (Å²) in [4.78, 5) is 37.8. The van der Waals surface area contributed by atoms with Crippen LogP contribution in [0.5, 0.6) is 0 Å². The minimum absolute atomic E-state index is 0.157. The Bertz CT molecular complexity index is 1380. The van der Waals surface area contributed by atoms with Gasteiger partial charge in [0.05, 0.1) is 0 Å². The Morgan fingerprint density at radius 1 is 0.361 bits per heavy atom. The van der Waals surface area contributed by atoms with Crippen LogP contribution in [-0.2, 0) is 28.6 Å². The van der Waals surface area contributed by atoms with Crippen molar-refractivity contribution in [3.05, 3.63) is 134 Å². The number of hydrogen-bond acceptors (Lipinski definition) is 6. The Balaban J connectivity index is 4.67. The third-order valence-electron chi connectivity index (χ3n) is 9.25. The van der Waals surface area contributed by atoms with E-state index in [1.807, 2.05) is 60.8 Å². The Kier molecular flexibility index (Phi) is 44.7. The molecule has 0 aliphatic heterocycles. The van der Waals surface area contributed by atoms with E-state index >= 15 is 0 Å². The van der Waals surface area contributed by atoms with Crippen LogP contribution < -0.4 is 0 Å². The summed E-state index contributed by atoms with van der Waals surface area (Å²) < 4.78 is 16.5. The molecule has 0 aliphatic rings. The summed E-state index contributed by atoms with van der Waals surface area (Å²) >= 11 is 0. The SMILES string of the molecule is CC/C=C/C=C/C=C/C=C/C=C/CCCC(=O)OC(COC(=O)CC/C=C/C/C=C/CCCCCCCC)COC(=O)CCC/C=C/C/C=C/C/C=C/C/C=C/CCCCC. The maximum absolute atomic E-state index is 12.7. The van der Waals surface area contributed by atoms with E-state index in [0.717, 1.165) is 44.9 Å². The fourth-order valence-electron chi connectivity index (χ4n) is 5.69. The molecule has 6 nitrogen and oxygen atoms in total. The molecule has 0 radical (unpaired) electrons. The van der Waals surface area contributed by atoms with Crippen LogP contribution >= 0.6 is 0 Å². The molecule has 0 amide bonds. The number of allylic oxidation sites excluding steroid dienone is 22. The van der Waals surface area contributed by atoms with Crippen LogP contribution in [0, 0.1) is 0 Å². The third kappa shape index (κ3) is 46.5. The van der Waals surface area contributed by atoms with E-state index in [0.29, 0.717) is 25.7 Å². The molecular formula is C55H84O6.